The number of hydrogen-bond donors (Lipinski definition) is 1. The van der Waals surface area contributed by atoms with Gasteiger partial charge in [-0.2, -0.15) is 0 Å². The van der Waals surface area contributed by atoms with Gasteiger partial charge in [0.25, 0.3) is 10.0 Å². The van der Waals surface area contributed by atoms with Gasteiger partial charge in [0.15, 0.2) is 5.78 Å². The molecule has 8 heteroatoms. The molecule has 0 aliphatic heterocycles. The van der Waals surface area contributed by atoms with Crippen LogP contribution in [0.25, 0.3) is 0 Å². The molecule has 0 atom stereocenters. The van der Waals surface area contributed by atoms with E-state index < -0.39 is 10.0 Å². The van der Waals surface area contributed by atoms with Gasteiger partial charge in [0.05, 0.1) is 21.3 Å². The van der Waals surface area contributed by atoms with Crippen LogP contribution in [0, 0.1) is 3.57 Å². The first-order chi connectivity index (χ1) is 13.3. The predicted octanol–water partition coefficient (Wildman–Crippen LogP) is 4.99. The number of halogens is 2. The van der Waals surface area contributed by atoms with Crippen molar-refractivity contribution in [1.29, 1.82) is 0 Å². The second-order valence-electron chi connectivity index (χ2n) is 5.79. The Balaban J connectivity index is 2.00. The van der Waals surface area contributed by atoms with Gasteiger partial charge >= 0.3 is 0 Å². The van der Waals surface area contributed by atoms with E-state index in [1.165, 1.54) is 37.4 Å². The molecule has 0 unspecified atom stereocenters. The molecule has 28 heavy (non-hydrogen) atoms. The van der Waals surface area contributed by atoms with E-state index in [0.717, 1.165) is 0 Å². The molecule has 3 rings (SSSR count). The summed E-state index contributed by atoms with van der Waals surface area (Å²) in [6.45, 7) is 0. The number of ether oxygens (including phenoxy) is 1. The Morgan fingerprint density at radius 2 is 1.75 bits per heavy atom. The summed E-state index contributed by atoms with van der Waals surface area (Å²) in [5, 5.41) is 0.334. The lowest BCUT2D eigenvalue weighted by Crippen LogP contribution is -2.16. The Morgan fingerprint density at radius 1 is 1.04 bits per heavy atom. The number of hydrogen-bond acceptors (Lipinski definition) is 4. The molecule has 3 aromatic carbocycles. The second-order valence-corrected chi connectivity index (χ2v) is 9.07. The summed E-state index contributed by atoms with van der Waals surface area (Å²) in [6.07, 6.45) is 0. The highest BCUT2D eigenvalue weighted by Crippen LogP contribution is 2.28. The second kappa shape index (κ2) is 8.50. The van der Waals surface area contributed by atoms with Crippen molar-refractivity contribution in [3.05, 3.63) is 86.4 Å². The van der Waals surface area contributed by atoms with Crippen LogP contribution in [0.4, 0.5) is 5.69 Å². The highest BCUT2D eigenvalue weighted by Gasteiger charge is 2.21. The average Bonchev–Trinajstić information content (AvgIpc) is 2.69. The summed E-state index contributed by atoms with van der Waals surface area (Å²) in [6, 6.07) is 17.6. The standard InChI is InChI=1S/C20H15ClINO4S/c1-27-19-10-8-15(12-17(19)22)28(25,26)23-18-9-7-14(21)11-16(18)20(24)13-5-3-2-4-6-13/h2-12,23H,1H3. The van der Waals surface area contributed by atoms with Gasteiger partial charge in [0, 0.05) is 16.1 Å². The van der Waals surface area contributed by atoms with Gasteiger partial charge in [-0.3, -0.25) is 9.52 Å². The monoisotopic (exact) mass is 527 g/mol. The van der Waals surface area contributed by atoms with Gasteiger partial charge in [-0.15, -0.1) is 0 Å². The van der Waals surface area contributed by atoms with Crippen molar-refractivity contribution in [1.82, 2.24) is 0 Å². The van der Waals surface area contributed by atoms with Crippen LogP contribution in [0.3, 0.4) is 0 Å². The molecule has 0 saturated heterocycles. The Morgan fingerprint density at radius 3 is 2.39 bits per heavy atom. The molecular formula is C20H15ClINO4S. The number of anilines is 1. The quantitative estimate of drug-likeness (QED) is 0.362. The summed E-state index contributed by atoms with van der Waals surface area (Å²) in [4.78, 5) is 12.9. The SMILES string of the molecule is COc1ccc(S(=O)(=O)Nc2ccc(Cl)cc2C(=O)c2ccccc2)cc1I. The van der Waals surface area contributed by atoms with Crippen LogP contribution in [0.5, 0.6) is 5.75 Å². The number of benzene rings is 3. The van der Waals surface area contributed by atoms with Crippen LogP contribution in [-0.2, 0) is 10.0 Å². The van der Waals surface area contributed by atoms with Gasteiger partial charge in [0.2, 0.25) is 0 Å². The molecule has 0 aliphatic rings. The molecule has 144 valence electrons. The highest BCUT2D eigenvalue weighted by molar-refractivity contribution is 14.1. The molecule has 0 saturated carbocycles. The van der Waals surface area contributed by atoms with E-state index in [1.54, 1.807) is 36.4 Å². The van der Waals surface area contributed by atoms with E-state index in [9.17, 15) is 13.2 Å². The number of nitrogens with one attached hydrogen (secondary N) is 1. The lowest BCUT2D eigenvalue weighted by Gasteiger charge is -2.13. The molecule has 0 aliphatic carbocycles. The number of carbonyl (C=O) groups excluding carboxylic acids is 1. The predicted molar refractivity (Wildman–Crippen MR) is 118 cm³/mol. The Labute approximate surface area is 181 Å². The van der Waals surface area contributed by atoms with Crippen LogP contribution in [0.1, 0.15) is 15.9 Å². The zero-order valence-electron chi connectivity index (χ0n) is 14.6. The minimum absolute atomic E-state index is 0.0609. The van der Waals surface area contributed by atoms with E-state index in [4.69, 9.17) is 16.3 Å². The first-order valence-corrected chi connectivity index (χ1v) is 11.0. The summed E-state index contributed by atoms with van der Waals surface area (Å²) < 4.78 is 34.0. The Kier molecular flexibility index (Phi) is 6.26. The molecule has 0 heterocycles. The molecule has 5 nitrogen and oxygen atoms in total. The van der Waals surface area contributed by atoms with Crippen molar-refractivity contribution in [2.24, 2.45) is 0 Å². The Bertz CT molecular complexity index is 1130. The van der Waals surface area contributed by atoms with E-state index in [0.29, 0.717) is 19.9 Å². The number of carbonyl (C=O) groups is 1. The van der Waals surface area contributed by atoms with Gasteiger partial charge < -0.3 is 4.74 Å². The smallest absolute Gasteiger partial charge is 0.261 e. The van der Waals surface area contributed by atoms with Crippen LogP contribution < -0.4 is 9.46 Å². The molecule has 0 bridgehead atoms. The fourth-order valence-electron chi connectivity index (χ4n) is 2.56. The zero-order valence-corrected chi connectivity index (χ0v) is 18.4. The lowest BCUT2D eigenvalue weighted by atomic mass is 10.0. The van der Waals surface area contributed by atoms with Crippen molar-refractivity contribution < 1.29 is 17.9 Å². The molecule has 0 amide bonds. The first-order valence-electron chi connectivity index (χ1n) is 8.07. The fourth-order valence-corrected chi connectivity index (χ4v) is 4.78. The number of sulfonamides is 1. The van der Waals surface area contributed by atoms with E-state index in [1.807, 2.05) is 22.6 Å². The van der Waals surface area contributed by atoms with Crippen molar-refractivity contribution in [3.8, 4) is 5.75 Å². The number of ketones is 1. The largest absolute Gasteiger partial charge is 0.496 e. The van der Waals surface area contributed by atoms with E-state index >= 15 is 0 Å². The van der Waals surface area contributed by atoms with E-state index in [-0.39, 0.29) is 21.9 Å². The third-order valence-corrected chi connectivity index (χ3v) is 6.38. The van der Waals surface area contributed by atoms with Gasteiger partial charge in [-0.05, 0) is 59.0 Å². The normalized spacial score (nSPS) is 11.1. The topological polar surface area (TPSA) is 72.5 Å². The fraction of sp³-hybridized carbons (Fsp3) is 0.0500. The van der Waals surface area contributed by atoms with Gasteiger partial charge in [0.1, 0.15) is 5.75 Å². The van der Waals surface area contributed by atoms with Gasteiger partial charge in [-0.25, -0.2) is 8.42 Å². The maximum Gasteiger partial charge on any atom is 0.261 e. The Hall–Kier alpha value is -2.10. The molecule has 0 fully saturated rings. The zero-order chi connectivity index (χ0) is 20.3. The van der Waals surface area contributed by atoms with Gasteiger partial charge in [-0.1, -0.05) is 41.9 Å². The highest BCUT2D eigenvalue weighted by atomic mass is 127. The third kappa shape index (κ3) is 4.48. The van der Waals surface area contributed by atoms with Crippen LogP contribution in [-0.4, -0.2) is 21.3 Å². The number of methoxy groups -OCH3 is 1. The third-order valence-electron chi connectivity index (χ3n) is 3.94. The molecule has 0 spiro atoms. The van der Waals surface area contributed by atoms with Crippen molar-refractivity contribution >= 4 is 55.7 Å². The van der Waals surface area contributed by atoms with Crippen molar-refractivity contribution in [3.63, 3.8) is 0 Å². The van der Waals surface area contributed by atoms with Crippen molar-refractivity contribution in [2.75, 3.05) is 11.8 Å². The first kappa shape index (κ1) is 20.6. The maximum atomic E-state index is 12.9. The lowest BCUT2D eigenvalue weighted by molar-refractivity contribution is 0.103. The average molecular weight is 528 g/mol. The molecule has 3 aromatic rings. The minimum atomic E-state index is -3.92. The number of rotatable bonds is 6. The van der Waals surface area contributed by atoms with Crippen LogP contribution in [0.15, 0.2) is 71.6 Å². The minimum Gasteiger partial charge on any atom is -0.496 e. The molecule has 0 aromatic heterocycles. The van der Waals surface area contributed by atoms with Crippen molar-refractivity contribution in [2.45, 2.75) is 4.90 Å². The summed E-state index contributed by atoms with van der Waals surface area (Å²) in [7, 11) is -2.40. The van der Waals surface area contributed by atoms with Crippen LogP contribution in [0.2, 0.25) is 5.02 Å². The molecule has 0 radical (unpaired) electrons. The maximum absolute atomic E-state index is 12.9. The molecular weight excluding hydrogens is 513 g/mol. The van der Waals surface area contributed by atoms with E-state index in [2.05, 4.69) is 4.72 Å². The molecule has 1 N–H and O–H groups in total. The summed E-state index contributed by atoms with van der Waals surface area (Å²) >= 11 is 8.04. The summed E-state index contributed by atoms with van der Waals surface area (Å²) in [5.74, 6) is 0.246. The van der Waals surface area contributed by atoms with Crippen LogP contribution >= 0.6 is 34.2 Å². The summed E-state index contributed by atoms with van der Waals surface area (Å²) in [5.41, 5.74) is 0.763.